The highest BCUT2D eigenvalue weighted by atomic mass is 32.3. The molecule has 0 spiro atoms. The van der Waals surface area contributed by atoms with Gasteiger partial charge in [-0.2, -0.15) is 10.2 Å². The maximum Gasteiger partial charge on any atom is 0.152 e. The van der Waals surface area contributed by atoms with Crippen LogP contribution in [0.1, 0.15) is 56.4 Å². The van der Waals surface area contributed by atoms with Gasteiger partial charge in [-0.05, 0) is 25.3 Å². The van der Waals surface area contributed by atoms with Crippen molar-refractivity contribution in [1.29, 1.82) is 0 Å². The first-order valence-electron chi connectivity index (χ1n) is 7.97. The Morgan fingerprint density at radius 1 is 0.923 bits per heavy atom. The lowest BCUT2D eigenvalue weighted by Crippen LogP contribution is -1.97. The maximum absolute atomic E-state index is 10.2. The summed E-state index contributed by atoms with van der Waals surface area (Å²) in [6.45, 7) is 11.6. The second-order valence-electron chi connectivity index (χ2n) is 4.62. The lowest BCUT2D eigenvalue weighted by Gasteiger charge is -2.22. The highest BCUT2D eigenvalue weighted by molar-refractivity contribution is 8.19. The Morgan fingerprint density at radius 3 is 1.88 bits per heavy atom. The number of benzene rings is 2. The first-order chi connectivity index (χ1) is 11.3. The molecule has 26 heavy (non-hydrogen) atoms. The number of phenolic OH excluding ortho intramolecular Hbond substituents is 1. The lowest BCUT2D eigenvalue weighted by molar-refractivity contribution is 0.375. The van der Waals surface area contributed by atoms with Crippen LogP contribution in [0.25, 0.3) is 10.8 Å². The number of nitrogens with zero attached hydrogens (tertiary/aromatic N) is 2. The van der Waals surface area contributed by atoms with E-state index in [0.29, 0.717) is 10.8 Å². The summed E-state index contributed by atoms with van der Waals surface area (Å²) >= 11 is 0. The molecular weight excluding hydrogens is 352 g/mol. The molecule has 0 radical (unpaired) electrons. The Bertz CT molecular complexity index is 668. The Balaban J connectivity index is -0.000000824. The van der Waals surface area contributed by atoms with Crippen LogP contribution in [0.2, 0.25) is 0 Å². The molecule has 0 saturated heterocycles. The van der Waals surface area contributed by atoms with E-state index in [1.807, 2.05) is 27.7 Å². The summed E-state index contributed by atoms with van der Waals surface area (Å²) in [5.74, 6) is -0.239. The van der Waals surface area contributed by atoms with Crippen LogP contribution in [0.5, 0.6) is 5.75 Å². The number of rotatable bonds is 3. The van der Waals surface area contributed by atoms with Crippen LogP contribution in [-0.2, 0) is 0 Å². The quantitative estimate of drug-likeness (QED) is 0.400. The summed E-state index contributed by atoms with van der Waals surface area (Å²) in [4.78, 5) is -0.238. The highest BCUT2D eigenvalue weighted by Crippen LogP contribution is 2.53. The van der Waals surface area contributed by atoms with Crippen LogP contribution in [0, 0.1) is 0 Å². The average molecular weight is 389 g/mol. The molecule has 0 atom stereocenters. The summed E-state index contributed by atoms with van der Waals surface area (Å²) in [7, 11) is -4.01. The number of aromatic hydroxyl groups is 1. The summed E-state index contributed by atoms with van der Waals surface area (Å²) in [6, 6.07) is 8.10. The van der Waals surface area contributed by atoms with E-state index in [1.165, 1.54) is 6.07 Å². The zero-order chi connectivity index (χ0) is 18.9. The molecule has 0 fully saturated rings. The monoisotopic (exact) mass is 388 g/mol. The molecule has 0 amide bonds. The van der Waals surface area contributed by atoms with Crippen LogP contribution in [0.4, 0.5) is 5.69 Å². The minimum atomic E-state index is -4.01. The lowest BCUT2D eigenvalue weighted by atomic mass is 10.1. The van der Waals surface area contributed by atoms with Crippen LogP contribution < -0.4 is 0 Å². The van der Waals surface area contributed by atoms with Gasteiger partial charge < -0.3 is 18.8 Å². The van der Waals surface area contributed by atoms with Crippen molar-refractivity contribution in [3.8, 4) is 5.75 Å². The molecule has 2 aromatic carbocycles. The second kappa shape index (κ2) is 13.5. The molecule has 2 rings (SSSR count). The molecule has 0 heterocycles. The topological polar surface area (TPSA) is 106 Å². The molecule has 152 valence electrons. The number of hydrogen-bond donors (Lipinski definition) is 4. The number of azo groups is 1. The summed E-state index contributed by atoms with van der Waals surface area (Å²) in [5.41, 5.74) is -0.125. The zero-order valence-electron chi connectivity index (χ0n) is 15.1. The number of fused-ring (bicyclic) bond motifs is 1. The van der Waals surface area contributed by atoms with Crippen molar-refractivity contribution in [2.24, 2.45) is 10.2 Å². The van der Waals surface area contributed by atoms with Gasteiger partial charge >= 0.3 is 0 Å². The van der Waals surface area contributed by atoms with Crippen molar-refractivity contribution in [3.05, 3.63) is 30.3 Å². The van der Waals surface area contributed by atoms with E-state index in [2.05, 4.69) is 10.2 Å². The van der Waals surface area contributed by atoms with E-state index in [0.717, 1.165) is 0 Å². The minimum Gasteiger partial charge on any atom is -0.505 e. The first kappa shape index (κ1) is 29.1. The molecule has 0 unspecified atom stereocenters. The average Bonchev–Trinajstić information content (AvgIpc) is 2.56. The number of hydrogen-bond acceptors (Lipinski definition) is 6. The molecule has 0 saturated carbocycles. The molecule has 0 aliphatic heterocycles. The summed E-state index contributed by atoms with van der Waals surface area (Å²) < 4.78 is 28.5. The van der Waals surface area contributed by atoms with Gasteiger partial charge in [0.1, 0.15) is 16.6 Å². The maximum atomic E-state index is 10.2. The fourth-order valence-corrected chi connectivity index (χ4v) is 2.45. The largest absolute Gasteiger partial charge is 0.505 e. The Labute approximate surface area is 160 Å². The third-order valence-corrected chi connectivity index (χ3v) is 3.55. The molecular formula is C19H36N2O4S. The first-order valence-corrected chi connectivity index (χ1v) is 9.47. The third kappa shape index (κ3) is 7.70. The molecule has 6 nitrogen and oxygen atoms in total. The summed E-state index contributed by atoms with van der Waals surface area (Å²) in [6.07, 6.45) is 0. The van der Waals surface area contributed by atoms with E-state index < -0.39 is 10.9 Å². The van der Waals surface area contributed by atoms with Gasteiger partial charge in [-0.25, -0.2) is 0 Å². The van der Waals surface area contributed by atoms with E-state index in [9.17, 15) is 18.8 Å². The summed E-state index contributed by atoms with van der Waals surface area (Å²) in [5, 5.41) is 19.0. The van der Waals surface area contributed by atoms with E-state index in [1.54, 1.807) is 38.1 Å². The molecule has 7 heteroatoms. The van der Waals surface area contributed by atoms with Gasteiger partial charge in [-0.1, -0.05) is 66.8 Å². The van der Waals surface area contributed by atoms with Crippen molar-refractivity contribution in [2.45, 2.75) is 67.3 Å². The van der Waals surface area contributed by atoms with Gasteiger partial charge in [0.25, 0.3) is 0 Å². The van der Waals surface area contributed by atoms with Gasteiger partial charge in [0.15, 0.2) is 5.75 Å². The van der Waals surface area contributed by atoms with E-state index >= 15 is 0 Å². The van der Waals surface area contributed by atoms with E-state index in [-0.39, 0.29) is 37.2 Å². The Morgan fingerprint density at radius 2 is 1.42 bits per heavy atom. The van der Waals surface area contributed by atoms with Gasteiger partial charge in [-0.15, -0.1) is 0 Å². The van der Waals surface area contributed by atoms with Gasteiger partial charge in [-0.3, -0.25) is 0 Å². The van der Waals surface area contributed by atoms with Crippen molar-refractivity contribution >= 4 is 27.3 Å². The highest BCUT2D eigenvalue weighted by Gasteiger charge is 2.25. The molecule has 4 N–H and O–H groups in total. The van der Waals surface area contributed by atoms with Gasteiger partial charge in [0.2, 0.25) is 0 Å². The molecule has 0 aromatic heterocycles. The standard InChI is InChI=1S/C13H16N2O4S.2C2H6.2CH4/c1-8(2)14-15-12-11(20(17,18)19)7-9-5-3-4-6-10(9)13(12)16;2*1-2;;/h3-8,16-19H,1-2H3;2*1-2H3;2*1H4. The Kier molecular flexibility index (Phi) is 15.1. The molecule has 2 aromatic rings. The second-order valence-corrected chi connectivity index (χ2v) is 6.10. The van der Waals surface area contributed by atoms with Gasteiger partial charge in [0, 0.05) is 5.39 Å². The van der Waals surface area contributed by atoms with Crippen molar-refractivity contribution in [3.63, 3.8) is 0 Å². The smallest absolute Gasteiger partial charge is 0.152 e. The minimum absolute atomic E-state index is 0. The van der Waals surface area contributed by atoms with E-state index in [4.69, 9.17) is 0 Å². The van der Waals surface area contributed by atoms with Crippen LogP contribution in [0.15, 0.2) is 45.5 Å². The third-order valence-electron chi connectivity index (χ3n) is 2.64. The number of phenols is 1. The van der Waals surface area contributed by atoms with Crippen molar-refractivity contribution < 1.29 is 18.8 Å². The Hall–Kier alpha value is -1.67. The molecule has 0 aliphatic rings. The van der Waals surface area contributed by atoms with Crippen molar-refractivity contribution in [2.75, 3.05) is 0 Å². The van der Waals surface area contributed by atoms with Crippen molar-refractivity contribution in [1.82, 2.24) is 0 Å². The van der Waals surface area contributed by atoms with Crippen LogP contribution >= 0.6 is 10.9 Å². The SMILES string of the molecule is C.C.CC.CC.CC(C)N=Nc1c(S(O)(O)O)cc2ccccc2c1O. The zero-order valence-corrected chi connectivity index (χ0v) is 15.9. The predicted octanol–water partition coefficient (Wildman–Crippen LogP) is 7.94. The fraction of sp³-hybridized carbons (Fsp3) is 0.474. The fourth-order valence-electron chi connectivity index (χ4n) is 1.77. The van der Waals surface area contributed by atoms with Crippen LogP contribution in [0.3, 0.4) is 0 Å². The van der Waals surface area contributed by atoms with Gasteiger partial charge in [0.05, 0.1) is 10.9 Å². The van der Waals surface area contributed by atoms with Crippen LogP contribution in [-0.4, -0.2) is 24.8 Å². The molecule has 0 aliphatic carbocycles. The normalized spacial score (nSPS) is 10.8. The molecule has 0 bridgehead atoms. The predicted molar refractivity (Wildman–Crippen MR) is 115 cm³/mol.